The Bertz CT molecular complexity index is 111. The van der Waals surface area contributed by atoms with E-state index in [9.17, 15) is 0 Å². The van der Waals surface area contributed by atoms with Crippen LogP contribution in [0.5, 0.6) is 0 Å². The fourth-order valence-corrected chi connectivity index (χ4v) is 1.04. The fourth-order valence-electron chi connectivity index (χ4n) is 1.04. The first-order valence-corrected chi connectivity index (χ1v) is 4.30. The molecular weight excluding hydrogens is 156 g/mol. The Morgan fingerprint density at radius 2 is 2.08 bits per heavy atom. The quantitative estimate of drug-likeness (QED) is 0.425. The van der Waals surface area contributed by atoms with Crippen LogP contribution >= 0.6 is 0 Å². The van der Waals surface area contributed by atoms with Crippen LogP contribution in [0.1, 0.15) is 19.8 Å². The predicted molar refractivity (Wildman–Crippen MR) is 48.7 cm³/mol. The van der Waals surface area contributed by atoms with E-state index in [2.05, 4.69) is 0 Å². The van der Waals surface area contributed by atoms with Gasteiger partial charge in [0.1, 0.15) is 5.72 Å². The number of rotatable bonds is 7. The topological polar surface area (TPSA) is 70.5 Å². The molecule has 0 aliphatic heterocycles. The zero-order chi connectivity index (χ0) is 9.45. The first-order valence-electron chi connectivity index (χ1n) is 4.30. The van der Waals surface area contributed by atoms with Gasteiger partial charge in [-0.2, -0.15) is 0 Å². The van der Waals surface area contributed by atoms with Gasteiger partial charge in [0, 0.05) is 26.9 Å². The van der Waals surface area contributed by atoms with E-state index in [4.69, 9.17) is 20.9 Å². The Hall–Kier alpha value is -0.160. The highest BCUT2D eigenvalue weighted by Gasteiger charge is 2.22. The monoisotopic (exact) mass is 176 g/mol. The summed E-state index contributed by atoms with van der Waals surface area (Å²) in [4.78, 5) is 0. The molecule has 4 nitrogen and oxygen atoms in total. The van der Waals surface area contributed by atoms with Crippen LogP contribution in [0.25, 0.3) is 0 Å². The van der Waals surface area contributed by atoms with Gasteiger partial charge in [0.05, 0.1) is 0 Å². The Morgan fingerprint density at radius 1 is 1.42 bits per heavy atom. The standard InChI is InChI=1S/C8H20N2O2/c1-3-12-8(10,7-9)5-4-6-11-2/h3-7,9-10H2,1-2H3. The van der Waals surface area contributed by atoms with Crippen LogP contribution < -0.4 is 11.5 Å². The Labute approximate surface area is 74.2 Å². The second-order valence-corrected chi connectivity index (χ2v) is 2.80. The Kier molecular flexibility index (Phi) is 6.28. The van der Waals surface area contributed by atoms with Crippen molar-refractivity contribution in [2.24, 2.45) is 11.5 Å². The summed E-state index contributed by atoms with van der Waals surface area (Å²) in [6, 6.07) is 0. The molecule has 0 saturated heterocycles. The lowest BCUT2D eigenvalue weighted by Gasteiger charge is -2.27. The van der Waals surface area contributed by atoms with Gasteiger partial charge in [-0.3, -0.25) is 0 Å². The molecule has 0 aromatic carbocycles. The summed E-state index contributed by atoms with van der Waals surface area (Å²) in [6.45, 7) is 3.56. The lowest BCUT2D eigenvalue weighted by Crippen LogP contribution is -2.49. The van der Waals surface area contributed by atoms with Crippen molar-refractivity contribution in [3.05, 3.63) is 0 Å². The molecule has 0 bridgehead atoms. The van der Waals surface area contributed by atoms with Crippen LogP contribution in [0.2, 0.25) is 0 Å². The van der Waals surface area contributed by atoms with Crippen molar-refractivity contribution in [1.29, 1.82) is 0 Å². The van der Waals surface area contributed by atoms with Gasteiger partial charge in [-0.15, -0.1) is 0 Å². The van der Waals surface area contributed by atoms with Gasteiger partial charge in [0.2, 0.25) is 0 Å². The van der Waals surface area contributed by atoms with Crippen molar-refractivity contribution in [1.82, 2.24) is 0 Å². The zero-order valence-electron chi connectivity index (χ0n) is 8.01. The number of ether oxygens (including phenoxy) is 2. The lowest BCUT2D eigenvalue weighted by molar-refractivity contribution is -0.0381. The van der Waals surface area contributed by atoms with E-state index in [0.717, 1.165) is 12.8 Å². The molecule has 0 heterocycles. The molecule has 74 valence electrons. The highest BCUT2D eigenvalue weighted by molar-refractivity contribution is 4.73. The van der Waals surface area contributed by atoms with E-state index < -0.39 is 5.72 Å². The third kappa shape index (κ3) is 4.66. The summed E-state index contributed by atoms with van der Waals surface area (Å²) in [6.07, 6.45) is 1.62. The molecule has 0 aliphatic carbocycles. The summed E-state index contributed by atoms with van der Waals surface area (Å²) in [5.41, 5.74) is 10.7. The van der Waals surface area contributed by atoms with Crippen LogP contribution in [0.4, 0.5) is 0 Å². The van der Waals surface area contributed by atoms with Crippen molar-refractivity contribution < 1.29 is 9.47 Å². The molecule has 4 N–H and O–H groups in total. The van der Waals surface area contributed by atoms with E-state index >= 15 is 0 Å². The van der Waals surface area contributed by atoms with Gasteiger partial charge in [-0.05, 0) is 19.8 Å². The molecule has 0 saturated carbocycles. The minimum atomic E-state index is -0.659. The van der Waals surface area contributed by atoms with E-state index in [-0.39, 0.29) is 0 Å². The van der Waals surface area contributed by atoms with E-state index in [0.29, 0.717) is 19.8 Å². The van der Waals surface area contributed by atoms with Gasteiger partial charge in [0.15, 0.2) is 0 Å². The molecule has 1 unspecified atom stereocenters. The smallest absolute Gasteiger partial charge is 0.129 e. The van der Waals surface area contributed by atoms with Crippen molar-refractivity contribution in [3.8, 4) is 0 Å². The van der Waals surface area contributed by atoms with Crippen LogP contribution in [0.15, 0.2) is 0 Å². The largest absolute Gasteiger partial charge is 0.385 e. The first-order chi connectivity index (χ1) is 5.68. The number of hydrogen-bond acceptors (Lipinski definition) is 4. The maximum absolute atomic E-state index is 5.85. The molecule has 12 heavy (non-hydrogen) atoms. The Balaban J connectivity index is 3.63. The molecule has 1 atom stereocenters. The van der Waals surface area contributed by atoms with Crippen LogP contribution in [0.3, 0.4) is 0 Å². The third-order valence-corrected chi connectivity index (χ3v) is 1.73. The van der Waals surface area contributed by atoms with Crippen LogP contribution in [0, 0.1) is 0 Å². The van der Waals surface area contributed by atoms with Crippen molar-refractivity contribution in [3.63, 3.8) is 0 Å². The molecule has 0 rings (SSSR count). The van der Waals surface area contributed by atoms with Gasteiger partial charge in [-0.1, -0.05) is 0 Å². The average molecular weight is 176 g/mol. The van der Waals surface area contributed by atoms with Crippen molar-refractivity contribution in [2.45, 2.75) is 25.5 Å². The molecule has 4 heteroatoms. The molecule has 0 aromatic rings. The summed E-state index contributed by atoms with van der Waals surface area (Å²) in [5.74, 6) is 0. The molecular formula is C8H20N2O2. The van der Waals surface area contributed by atoms with Gasteiger partial charge < -0.3 is 20.9 Å². The van der Waals surface area contributed by atoms with Crippen LogP contribution in [-0.4, -0.2) is 32.6 Å². The highest BCUT2D eigenvalue weighted by Crippen LogP contribution is 2.09. The van der Waals surface area contributed by atoms with Gasteiger partial charge in [0.25, 0.3) is 0 Å². The average Bonchev–Trinajstić information content (AvgIpc) is 2.06. The van der Waals surface area contributed by atoms with Crippen molar-refractivity contribution in [2.75, 3.05) is 26.9 Å². The van der Waals surface area contributed by atoms with Gasteiger partial charge in [-0.25, -0.2) is 0 Å². The molecule has 0 amide bonds. The first kappa shape index (κ1) is 11.8. The highest BCUT2D eigenvalue weighted by atomic mass is 16.5. The van der Waals surface area contributed by atoms with Crippen LogP contribution in [-0.2, 0) is 9.47 Å². The predicted octanol–water partition coefficient (Wildman–Crippen LogP) is 0.0632. The minimum absolute atomic E-state index is 0.352. The second-order valence-electron chi connectivity index (χ2n) is 2.80. The normalized spacial score (nSPS) is 16.0. The SMILES string of the molecule is CCOC(N)(CN)CCCOC. The van der Waals surface area contributed by atoms with Gasteiger partial charge >= 0.3 is 0 Å². The summed E-state index contributed by atoms with van der Waals surface area (Å²) in [7, 11) is 1.67. The molecule has 0 radical (unpaired) electrons. The Morgan fingerprint density at radius 3 is 2.50 bits per heavy atom. The number of hydrogen-bond donors (Lipinski definition) is 2. The summed E-state index contributed by atoms with van der Waals surface area (Å²) in [5, 5.41) is 0. The molecule has 0 aromatic heterocycles. The molecule has 0 aliphatic rings. The van der Waals surface area contributed by atoms with Crippen molar-refractivity contribution >= 4 is 0 Å². The summed E-state index contributed by atoms with van der Waals surface area (Å²) >= 11 is 0. The van der Waals surface area contributed by atoms with E-state index in [1.54, 1.807) is 7.11 Å². The molecule has 0 spiro atoms. The fraction of sp³-hybridized carbons (Fsp3) is 1.00. The van der Waals surface area contributed by atoms with E-state index in [1.807, 2.05) is 6.92 Å². The maximum Gasteiger partial charge on any atom is 0.129 e. The summed E-state index contributed by atoms with van der Waals surface area (Å²) < 4.78 is 10.2. The second kappa shape index (κ2) is 6.37. The molecule has 0 fully saturated rings. The maximum atomic E-state index is 5.85. The lowest BCUT2D eigenvalue weighted by atomic mass is 10.1. The van der Waals surface area contributed by atoms with E-state index in [1.165, 1.54) is 0 Å². The minimum Gasteiger partial charge on any atom is -0.385 e. The third-order valence-electron chi connectivity index (χ3n) is 1.73. The number of methoxy groups -OCH3 is 1. The number of nitrogens with two attached hydrogens (primary N) is 2. The zero-order valence-corrected chi connectivity index (χ0v) is 8.01.